The molecule has 2 N–H and O–H groups in total. The lowest BCUT2D eigenvalue weighted by Gasteiger charge is -2.32. The minimum absolute atomic E-state index is 0.0603. The van der Waals surface area contributed by atoms with E-state index in [1.807, 2.05) is 24.1 Å². The summed E-state index contributed by atoms with van der Waals surface area (Å²) in [4.78, 5) is 14.2. The predicted molar refractivity (Wildman–Crippen MR) is 79.1 cm³/mol. The Morgan fingerprint density at radius 1 is 1.57 bits per heavy atom. The molecule has 1 atom stereocenters. The standard InChI is InChI=1S/C14H20N6O/c1-2-20-10-12(8-16-20)17-14(21)19-7-3-4-11(9-19)13-5-6-15-18-13/h5-6,8,10-11H,2-4,7,9H2,1H3,(H,15,18)(H,17,21)/t11-/m0/s1. The fourth-order valence-corrected chi connectivity index (χ4v) is 2.71. The van der Waals surface area contributed by atoms with Crippen molar-refractivity contribution < 1.29 is 4.79 Å². The highest BCUT2D eigenvalue weighted by atomic mass is 16.2. The van der Waals surface area contributed by atoms with E-state index in [-0.39, 0.29) is 6.03 Å². The summed E-state index contributed by atoms with van der Waals surface area (Å²) in [7, 11) is 0. The number of aromatic nitrogens is 4. The first-order chi connectivity index (χ1) is 10.3. The molecule has 1 saturated heterocycles. The highest BCUT2D eigenvalue weighted by molar-refractivity contribution is 5.89. The third-order valence-electron chi connectivity index (χ3n) is 3.88. The number of piperidine rings is 1. The molecule has 0 bridgehead atoms. The van der Waals surface area contributed by atoms with E-state index in [1.54, 1.807) is 17.1 Å². The lowest BCUT2D eigenvalue weighted by Crippen LogP contribution is -2.41. The second-order valence-electron chi connectivity index (χ2n) is 5.31. The van der Waals surface area contributed by atoms with Gasteiger partial charge in [0.05, 0.1) is 11.9 Å². The molecule has 3 heterocycles. The van der Waals surface area contributed by atoms with Crippen molar-refractivity contribution in [2.75, 3.05) is 18.4 Å². The van der Waals surface area contributed by atoms with Gasteiger partial charge in [-0.25, -0.2) is 4.79 Å². The number of H-pyrrole nitrogens is 1. The summed E-state index contributed by atoms with van der Waals surface area (Å²) in [6.07, 6.45) is 7.37. The van der Waals surface area contributed by atoms with Crippen LogP contribution in [0.3, 0.4) is 0 Å². The molecule has 1 aliphatic rings. The van der Waals surface area contributed by atoms with Gasteiger partial charge in [0.1, 0.15) is 0 Å². The van der Waals surface area contributed by atoms with E-state index >= 15 is 0 Å². The van der Waals surface area contributed by atoms with Crippen LogP contribution in [0.1, 0.15) is 31.4 Å². The van der Waals surface area contributed by atoms with Gasteiger partial charge in [0.2, 0.25) is 0 Å². The molecule has 0 radical (unpaired) electrons. The lowest BCUT2D eigenvalue weighted by molar-refractivity contribution is 0.192. The molecule has 0 saturated carbocycles. The zero-order valence-corrected chi connectivity index (χ0v) is 12.1. The first-order valence-corrected chi connectivity index (χ1v) is 7.34. The number of hydrogen-bond acceptors (Lipinski definition) is 3. The van der Waals surface area contributed by atoms with E-state index < -0.39 is 0 Å². The summed E-state index contributed by atoms with van der Waals surface area (Å²) in [5.41, 5.74) is 1.84. The van der Waals surface area contributed by atoms with Gasteiger partial charge < -0.3 is 10.2 Å². The van der Waals surface area contributed by atoms with E-state index in [1.165, 1.54) is 0 Å². The van der Waals surface area contributed by atoms with Gasteiger partial charge in [0.15, 0.2) is 0 Å². The van der Waals surface area contributed by atoms with Crippen molar-refractivity contribution in [1.82, 2.24) is 24.9 Å². The number of rotatable bonds is 3. The first kappa shape index (κ1) is 13.7. The Labute approximate surface area is 123 Å². The number of aromatic amines is 1. The number of nitrogens with one attached hydrogen (secondary N) is 2. The van der Waals surface area contributed by atoms with Crippen LogP contribution in [0.15, 0.2) is 24.7 Å². The fourth-order valence-electron chi connectivity index (χ4n) is 2.71. The summed E-state index contributed by atoms with van der Waals surface area (Å²) in [6, 6.07) is 1.92. The molecule has 2 aromatic rings. The van der Waals surface area contributed by atoms with E-state index in [2.05, 4.69) is 20.6 Å². The van der Waals surface area contributed by atoms with Crippen molar-refractivity contribution in [3.8, 4) is 0 Å². The van der Waals surface area contributed by atoms with Crippen LogP contribution in [0.5, 0.6) is 0 Å². The summed E-state index contributed by atoms with van der Waals surface area (Å²) < 4.78 is 1.79. The number of nitrogens with zero attached hydrogens (tertiary/aromatic N) is 4. The van der Waals surface area contributed by atoms with Crippen LogP contribution >= 0.6 is 0 Å². The maximum absolute atomic E-state index is 12.3. The maximum Gasteiger partial charge on any atom is 0.321 e. The average molecular weight is 288 g/mol. The Kier molecular flexibility index (Phi) is 3.89. The minimum atomic E-state index is -0.0603. The van der Waals surface area contributed by atoms with E-state index in [0.717, 1.165) is 43.9 Å². The number of carbonyl (C=O) groups is 1. The van der Waals surface area contributed by atoms with E-state index in [4.69, 9.17) is 0 Å². The normalized spacial score (nSPS) is 18.7. The van der Waals surface area contributed by atoms with Crippen LogP contribution in [0.2, 0.25) is 0 Å². The number of carbonyl (C=O) groups excluding carboxylic acids is 1. The van der Waals surface area contributed by atoms with Crippen molar-refractivity contribution in [2.24, 2.45) is 0 Å². The van der Waals surface area contributed by atoms with Crippen LogP contribution in [0.4, 0.5) is 10.5 Å². The SMILES string of the molecule is CCn1cc(NC(=O)N2CCC[C@H](c3ccn[nH]3)C2)cn1. The Balaban J connectivity index is 1.61. The molecule has 3 rings (SSSR count). The quantitative estimate of drug-likeness (QED) is 0.907. The second-order valence-corrected chi connectivity index (χ2v) is 5.31. The number of anilines is 1. The molecule has 1 fully saturated rings. The smallest absolute Gasteiger partial charge is 0.321 e. The van der Waals surface area contributed by atoms with Crippen molar-refractivity contribution in [1.29, 1.82) is 0 Å². The number of likely N-dealkylation sites (tertiary alicyclic amines) is 1. The van der Waals surface area contributed by atoms with Gasteiger partial charge in [0, 0.05) is 43.6 Å². The molecule has 1 aliphatic heterocycles. The molecule has 0 aliphatic carbocycles. The zero-order valence-electron chi connectivity index (χ0n) is 12.1. The molecule has 112 valence electrons. The molecule has 21 heavy (non-hydrogen) atoms. The molecule has 0 unspecified atom stereocenters. The van der Waals surface area contributed by atoms with E-state index in [9.17, 15) is 4.79 Å². The number of hydrogen-bond donors (Lipinski definition) is 2. The topological polar surface area (TPSA) is 78.8 Å². The van der Waals surface area contributed by atoms with Gasteiger partial charge in [-0.3, -0.25) is 9.78 Å². The Hall–Kier alpha value is -2.31. The molecule has 7 nitrogen and oxygen atoms in total. The minimum Gasteiger partial charge on any atom is -0.324 e. The van der Waals surface area contributed by atoms with Gasteiger partial charge in [-0.05, 0) is 25.8 Å². The highest BCUT2D eigenvalue weighted by Crippen LogP contribution is 2.25. The fraction of sp³-hybridized carbons (Fsp3) is 0.500. The number of urea groups is 1. The predicted octanol–water partition coefficient (Wildman–Crippen LogP) is 2.04. The molecule has 2 aromatic heterocycles. The molecule has 7 heteroatoms. The van der Waals surface area contributed by atoms with Gasteiger partial charge in [-0.2, -0.15) is 10.2 Å². The Morgan fingerprint density at radius 2 is 2.48 bits per heavy atom. The monoisotopic (exact) mass is 288 g/mol. The van der Waals surface area contributed by atoms with Crippen molar-refractivity contribution in [3.05, 3.63) is 30.4 Å². The molecule has 0 aromatic carbocycles. The van der Waals surface area contributed by atoms with Gasteiger partial charge >= 0.3 is 6.03 Å². The molecular formula is C14H20N6O. The maximum atomic E-state index is 12.3. The summed E-state index contributed by atoms with van der Waals surface area (Å²) in [5.74, 6) is 0.338. The lowest BCUT2D eigenvalue weighted by atomic mass is 9.95. The first-order valence-electron chi connectivity index (χ1n) is 7.34. The van der Waals surface area contributed by atoms with Gasteiger partial charge in [-0.15, -0.1) is 0 Å². The van der Waals surface area contributed by atoms with Crippen LogP contribution < -0.4 is 5.32 Å². The summed E-state index contributed by atoms with van der Waals surface area (Å²) >= 11 is 0. The van der Waals surface area contributed by atoms with Crippen molar-refractivity contribution in [3.63, 3.8) is 0 Å². The molecule has 2 amide bonds. The molecular weight excluding hydrogens is 268 g/mol. The Bertz CT molecular complexity index is 590. The number of amides is 2. The molecule has 0 spiro atoms. The van der Waals surface area contributed by atoms with Crippen molar-refractivity contribution >= 4 is 11.7 Å². The largest absolute Gasteiger partial charge is 0.324 e. The van der Waals surface area contributed by atoms with Crippen LogP contribution in [-0.2, 0) is 6.54 Å². The van der Waals surface area contributed by atoms with Gasteiger partial charge in [-0.1, -0.05) is 0 Å². The van der Waals surface area contributed by atoms with E-state index in [0.29, 0.717) is 5.92 Å². The van der Waals surface area contributed by atoms with Crippen LogP contribution in [0.25, 0.3) is 0 Å². The number of aryl methyl sites for hydroxylation is 1. The highest BCUT2D eigenvalue weighted by Gasteiger charge is 2.25. The van der Waals surface area contributed by atoms with Crippen LogP contribution in [-0.4, -0.2) is 44.0 Å². The van der Waals surface area contributed by atoms with Crippen LogP contribution in [0, 0.1) is 0 Å². The zero-order chi connectivity index (χ0) is 14.7. The Morgan fingerprint density at radius 3 is 3.19 bits per heavy atom. The summed E-state index contributed by atoms with van der Waals surface area (Å²) in [6.45, 7) is 4.31. The summed E-state index contributed by atoms with van der Waals surface area (Å²) in [5, 5.41) is 14.1. The second kappa shape index (κ2) is 5.99. The third kappa shape index (κ3) is 3.07. The van der Waals surface area contributed by atoms with Gasteiger partial charge in [0.25, 0.3) is 0 Å². The van der Waals surface area contributed by atoms with Crippen molar-refractivity contribution in [2.45, 2.75) is 32.2 Å². The third-order valence-corrected chi connectivity index (χ3v) is 3.88. The average Bonchev–Trinajstić information content (AvgIpc) is 3.18.